The molecule has 2 rings (SSSR count). The van der Waals surface area contributed by atoms with Gasteiger partial charge in [0.05, 0.1) is 10.6 Å². The minimum atomic E-state index is -0.972. The third kappa shape index (κ3) is 4.09. The zero-order valence-corrected chi connectivity index (χ0v) is 12.9. The Balaban J connectivity index is 2.09. The summed E-state index contributed by atoms with van der Waals surface area (Å²) in [5.41, 5.74) is 0.979. The lowest BCUT2D eigenvalue weighted by atomic mass is 10.0. The van der Waals surface area contributed by atoms with E-state index < -0.39 is 5.97 Å². The van der Waals surface area contributed by atoms with Crippen molar-refractivity contribution in [1.82, 2.24) is 4.98 Å². The maximum absolute atomic E-state index is 11.2. The summed E-state index contributed by atoms with van der Waals surface area (Å²) < 4.78 is 0. The summed E-state index contributed by atoms with van der Waals surface area (Å²) in [6.07, 6.45) is 2.16. The Morgan fingerprint density at radius 3 is 2.57 bits per heavy atom. The Labute approximate surface area is 132 Å². The van der Waals surface area contributed by atoms with Crippen molar-refractivity contribution in [1.29, 1.82) is 0 Å². The summed E-state index contributed by atoms with van der Waals surface area (Å²) in [7, 11) is 1.90. The van der Waals surface area contributed by atoms with Crippen LogP contribution in [0.2, 0.25) is 10.0 Å². The smallest absolute Gasteiger partial charge is 0.336 e. The molecule has 0 unspecified atom stereocenters. The van der Waals surface area contributed by atoms with Crippen LogP contribution in [0.15, 0.2) is 36.5 Å². The van der Waals surface area contributed by atoms with Crippen LogP contribution in [0.5, 0.6) is 0 Å². The highest BCUT2D eigenvalue weighted by Crippen LogP contribution is 2.18. The highest BCUT2D eigenvalue weighted by atomic mass is 35.5. The molecule has 1 aromatic carbocycles. The van der Waals surface area contributed by atoms with E-state index in [9.17, 15) is 9.90 Å². The average molecular weight is 325 g/mol. The van der Waals surface area contributed by atoms with Crippen LogP contribution in [0.1, 0.15) is 15.9 Å². The number of halogens is 2. The third-order valence-electron chi connectivity index (χ3n) is 3.12. The van der Waals surface area contributed by atoms with Gasteiger partial charge in [-0.25, -0.2) is 9.78 Å². The number of pyridine rings is 1. The molecular formula is C15H14Cl2N2O2. The maximum Gasteiger partial charge on any atom is 0.336 e. The van der Waals surface area contributed by atoms with Crippen LogP contribution < -0.4 is 4.90 Å². The molecule has 110 valence electrons. The summed E-state index contributed by atoms with van der Waals surface area (Å²) in [6.45, 7) is 0.635. The number of benzene rings is 1. The van der Waals surface area contributed by atoms with Crippen molar-refractivity contribution in [2.75, 3.05) is 18.5 Å². The summed E-state index contributed by atoms with van der Waals surface area (Å²) in [5.74, 6) is -0.190. The number of carbonyl (C=O) groups is 1. The van der Waals surface area contributed by atoms with E-state index in [0.717, 1.165) is 11.4 Å². The molecule has 0 fully saturated rings. The molecule has 6 heteroatoms. The van der Waals surface area contributed by atoms with Gasteiger partial charge >= 0.3 is 5.97 Å². The highest BCUT2D eigenvalue weighted by molar-refractivity contribution is 6.31. The Morgan fingerprint density at radius 2 is 1.95 bits per heavy atom. The zero-order valence-electron chi connectivity index (χ0n) is 11.4. The minimum absolute atomic E-state index is 0.236. The predicted molar refractivity (Wildman–Crippen MR) is 84.6 cm³/mol. The SMILES string of the molecule is CN(CCc1ccc(Cl)cc1C(=O)O)c1ccc(Cl)cn1. The standard InChI is InChI=1S/C15H14Cl2N2O2/c1-19(14-5-4-12(17)9-18-14)7-6-10-2-3-11(16)8-13(10)15(20)21/h2-5,8-9H,6-7H2,1H3,(H,20,21). The van der Waals surface area contributed by atoms with E-state index in [2.05, 4.69) is 4.98 Å². The van der Waals surface area contributed by atoms with Crippen molar-refractivity contribution in [3.63, 3.8) is 0 Å². The van der Waals surface area contributed by atoms with E-state index in [1.165, 1.54) is 6.07 Å². The van der Waals surface area contributed by atoms with Gasteiger partial charge in [-0.05, 0) is 36.2 Å². The molecule has 0 saturated heterocycles. The third-order valence-corrected chi connectivity index (χ3v) is 3.58. The van der Waals surface area contributed by atoms with Crippen LogP contribution in [0.3, 0.4) is 0 Å². The molecule has 0 aliphatic carbocycles. The number of aromatic nitrogens is 1. The average Bonchev–Trinajstić information content (AvgIpc) is 2.46. The lowest BCUT2D eigenvalue weighted by molar-refractivity contribution is 0.0695. The van der Waals surface area contributed by atoms with Gasteiger partial charge in [-0.15, -0.1) is 0 Å². The first kappa shape index (κ1) is 15.6. The minimum Gasteiger partial charge on any atom is -0.478 e. The van der Waals surface area contributed by atoms with Crippen molar-refractivity contribution in [3.05, 3.63) is 57.7 Å². The zero-order chi connectivity index (χ0) is 15.4. The molecular weight excluding hydrogens is 311 g/mol. The van der Waals surface area contributed by atoms with Crippen molar-refractivity contribution in [3.8, 4) is 0 Å². The first-order chi connectivity index (χ1) is 9.97. The van der Waals surface area contributed by atoms with Crippen molar-refractivity contribution >= 4 is 35.0 Å². The van der Waals surface area contributed by atoms with Crippen LogP contribution in [-0.4, -0.2) is 29.7 Å². The monoisotopic (exact) mass is 324 g/mol. The van der Waals surface area contributed by atoms with Gasteiger partial charge in [0.25, 0.3) is 0 Å². The molecule has 0 aliphatic heterocycles. The fourth-order valence-electron chi connectivity index (χ4n) is 1.96. The van der Waals surface area contributed by atoms with Crippen LogP contribution in [0.4, 0.5) is 5.82 Å². The second kappa shape index (κ2) is 6.78. The molecule has 21 heavy (non-hydrogen) atoms. The Hall–Kier alpha value is -1.78. The van der Waals surface area contributed by atoms with Gasteiger partial charge in [0.1, 0.15) is 5.82 Å². The van der Waals surface area contributed by atoms with Crippen LogP contribution >= 0.6 is 23.2 Å². The number of anilines is 1. The summed E-state index contributed by atoms with van der Waals surface area (Å²) in [5, 5.41) is 10.2. The van der Waals surface area contributed by atoms with Crippen LogP contribution in [-0.2, 0) is 6.42 Å². The summed E-state index contributed by atoms with van der Waals surface area (Å²) >= 11 is 11.6. The summed E-state index contributed by atoms with van der Waals surface area (Å²) in [6, 6.07) is 8.51. The second-order valence-corrected chi connectivity index (χ2v) is 5.49. The van der Waals surface area contributed by atoms with Gasteiger partial charge < -0.3 is 10.0 Å². The van der Waals surface area contributed by atoms with Crippen molar-refractivity contribution in [2.24, 2.45) is 0 Å². The van der Waals surface area contributed by atoms with E-state index in [4.69, 9.17) is 23.2 Å². The molecule has 0 saturated carbocycles. The summed E-state index contributed by atoms with van der Waals surface area (Å²) in [4.78, 5) is 17.4. The second-order valence-electron chi connectivity index (χ2n) is 4.61. The molecule has 4 nitrogen and oxygen atoms in total. The van der Waals surface area contributed by atoms with Gasteiger partial charge in [0.2, 0.25) is 0 Å². The topological polar surface area (TPSA) is 53.4 Å². The Bertz CT molecular complexity index is 645. The first-order valence-electron chi connectivity index (χ1n) is 6.32. The van der Waals surface area contributed by atoms with Crippen LogP contribution in [0, 0.1) is 0 Å². The normalized spacial score (nSPS) is 10.4. The number of nitrogens with zero attached hydrogens (tertiary/aromatic N) is 2. The van der Waals surface area contributed by atoms with E-state index in [1.807, 2.05) is 18.0 Å². The molecule has 0 spiro atoms. The quantitative estimate of drug-likeness (QED) is 0.909. The van der Waals surface area contributed by atoms with E-state index in [1.54, 1.807) is 24.4 Å². The lowest BCUT2D eigenvalue weighted by Crippen LogP contribution is -2.22. The van der Waals surface area contributed by atoms with E-state index in [0.29, 0.717) is 23.0 Å². The number of hydrogen-bond acceptors (Lipinski definition) is 3. The number of rotatable bonds is 5. The largest absolute Gasteiger partial charge is 0.478 e. The number of aromatic carboxylic acids is 1. The van der Waals surface area contributed by atoms with E-state index >= 15 is 0 Å². The maximum atomic E-state index is 11.2. The molecule has 0 atom stereocenters. The van der Waals surface area contributed by atoms with Crippen molar-refractivity contribution in [2.45, 2.75) is 6.42 Å². The highest BCUT2D eigenvalue weighted by Gasteiger charge is 2.11. The Morgan fingerprint density at radius 1 is 1.24 bits per heavy atom. The molecule has 0 bridgehead atoms. The van der Waals surface area contributed by atoms with Gasteiger partial charge in [-0.3, -0.25) is 0 Å². The fraction of sp³-hybridized carbons (Fsp3) is 0.200. The fourth-order valence-corrected chi connectivity index (χ4v) is 2.25. The molecule has 1 N–H and O–H groups in total. The first-order valence-corrected chi connectivity index (χ1v) is 7.07. The molecule has 0 aliphatic rings. The van der Waals surface area contributed by atoms with Gasteiger partial charge in [0.15, 0.2) is 0 Å². The molecule has 0 radical (unpaired) electrons. The van der Waals surface area contributed by atoms with E-state index in [-0.39, 0.29) is 5.56 Å². The molecule has 2 aromatic rings. The lowest BCUT2D eigenvalue weighted by Gasteiger charge is -2.18. The number of hydrogen-bond donors (Lipinski definition) is 1. The number of likely N-dealkylation sites (N-methyl/N-ethyl adjacent to an activating group) is 1. The predicted octanol–water partition coefficient (Wildman–Crippen LogP) is 3.77. The Kier molecular flexibility index (Phi) is 5.04. The van der Waals surface area contributed by atoms with Gasteiger partial charge in [-0.1, -0.05) is 29.3 Å². The number of carboxylic acid groups (broad SMARTS) is 1. The van der Waals surface area contributed by atoms with Crippen LogP contribution in [0.25, 0.3) is 0 Å². The molecule has 1 heterocycles. The van der Waals surface area contributed by atoms with Gasteiger partial charge in [-0.2, -0.15) is 0 Å². The molecule has 0 amide bonds. The van der Waals surface area contributed by atoms with Gasteiger partial charge in [0, 0.05) is 24.8 Å². The molecule has 1 aromatic heterocycles. The number of carboxylic acids is 1. The van der Waals surface area contributed by atoms with Crippen molar-refractivity contribution < 1.29 is 9.90 Å².